The van der Waals surface area contributed by atoms with Crippen molar-refractivity contribution in [2.75, 3.05) is 19.6 Å². The minimum absolute atomic E-state index is 0.0215. The number of halogens is 4. The number of rotatable bonds is 15. The van der Waals surface area contributed by atoms with Crippen LogP contribution in [0.3, 0.4) is 0 Å². The van der Waals surface area contributed by atoms with Crippen LogP contribution in [-0.4, -0.2) is 77.2 Å². The number of aryl methyl sites for hydroxylation is 1. The standard InChI is InChI=1S/C41H52F4N6O5/c1-5-24(3)34(37(54)46-22-26-15-18-51(23-52)19-16-26)49-39(56)40(17-14-32-29(21-40)28-11-9-12-30(36(28)47-32)41(43,44)45)50-38(55)35(25(4)6-2)48-33(53)20-27-10-7-8-13-31(27)42/h7-13,23-26,34-35,47H,5-6,14-22H2,1-4H3,(H,46,54)(H,48,53)(H,49,56)(H,50,55)/t24?,25?,34-,35-,40+/m0/s1. The van der Waals surface area contributed by atoms with Crippen molar-refractivity contribution in [1.29, 1.82) is 0 Å². The molecular formula is C41H52F4N6O5. The molecule has 5 amide bonds. The molecule has 1 aliphatic heterocycles. The van der Waals surface area contributed by atoms with E-state index in [2.05, 4.69) is 26.3 Å². The molecule has 1 aliphatic carbocycles. The van der Waals surface area contributed by atoms with Gasteiger partial charge in [-0.15, -0.1) is 0 Å². The monoisotopic (exact) mass is 784 g/mol. The number of nitrogens with one attached hydrogen (secondary N) is 5. The Kier molecular flexibility index (Phi) is 13.5. The number of hydrogen-bond acceptors (Lipinski definition) is 5. The van der Waals surface area contributed by atoms with Gasteiger partial charge in [0.05, 0.1) is 17.5 Å². The van der Waals surface area contributed by atoms with E-state index in [1.165, 1.54) is 30.3 Å². The van der Waals surface area contributed by atoms with Crippen LogP contribution < -0.4 is 21.3 Å². The smallest absolute Gasteiger partial charge is 0.358 e. The zero-order chi connectivity index (χ0) is 40.8. The number of carbonyl (C=O) groups is 5. The highest BCUT2D eigenvalue weighted by Gasteiger charge is 2.47. The zero-order valence-corrected chi connectivity index (χ0v) is 32.3. The Labute approximate surface area is 324 Å². The molecule has 1 fully saturated rings. The third-order valence-electron chi connectivity index (χ3n) is 11.7. The summed E-state index contributed by atoms with van der Waals surface area (Å²) in [6.07, 6.45) is -1.89. The van der Waals surface area contributed by atoms with Gasteiger partial charge in [-0.2, -0.15) is 13.2 Å². The molecule has 304 valence electrons. The van der Waals surface area contributed by atoms with Crippen molar-refractivity contribution >= 4 is 40.9 Å². The molecule has 15 heteroatoms. The zero-order valence-electron chi connectivity index (χ0n) is 32.3. The molecule has 1 saturated heterocycles. The van der Waals surface area contributed by atoms with E-state index in [1.807, 2.05) is 20.8 Å². The predicted molar refractivity (Wildman–Crippen MR) is 202 cm³/mol. The van der Waals surface area contributed by atoms with E-state index < -0.39 is 64.7 Å². The van der Waals surface area contributed by atoms with Crippen LogP contribution in [0.2, 0.25) is 0 Å². The molecule has 5 atom stereocenters. The lowest BCUT2D eigenvalue weighted by atomic mass is 9.78. The summed E-state index contributed by atoms with van der Waals surface area (Å²) in [5, 5.41) is 11.8. The summed E-state index contributed by atoms with van der Waals surface area (Å²) in [4.78, 5) is 71.9. The van der Waals surface area contributed by atoms with Gasteiger partial charge in [0.1, 0.15) is 23.4 Å². The Bertz CT molecular complexity index is 1910. The molecule has 2 heterocycles. The molecule has 5 rings (SSSR count). The minimum Gasteiger partial charge on any atom is -0.358 e. The van der Waals surface area contributed by atoms with Crippen LogP contribution in [0, 0.1) is 23.6 Å². The maximum atomic E-state index is 14.8. The maximum absolute atomic E-state index is 14.8. The third-order valence-corrected chi connectivity index (χ3v) is 11.7. The average Bonchev–Trinajstić information content (AvgIpc) is 3.55. The van der Waals surface area contributed by atoms with Crippen molar-refractivity contribution in [1.82, 2.24) is 31.2 Å². The van der Waals surface area contributed by atoms with E-state index in [9.17, 15) is 41.5 Å². The van der Waals surface area contributed by atoms with E-state index in [0.717, 1.165) is 12.5 Å². The van der Waals surface area contributed by atoms with Crippen molar-refractivity contribution in [3.8, 4) is 0 Å². The van der Waals surface area contributed by atoms with Crippen molar-refractivity contribution in [2.24, 2.45) is 17.8 Å². The van der Waals surface area contributed by atoms with Gasteiger partial charge in [-0.3, -0.25) is 24.0 Å². The number of piperidine rings is 1. The second kappa shape index (κ2) is 17.9. The molecule has 0 spiro atoms. The number of H-pyrrole nitrogens is 1. The van der Waals surface area contributed by atoms with Crippen LogP contribution in [0.25, 0.3) is 10.9 Å². The number of benzene rings is 2. The van der Waals surface area contributed by atoms with E-state index >= 15 is 0 Å². The Morgan fingerprint density at radius 2 is 1.61 bits per heavy atom. The van der Waals surface area contributed by atoms with Crippen LogP contribution in [0.15, 0.2) is 42.5 Å². The molecule has 5 N–H and O–H groups in total. The Morgan fingerprint density at radius 3 is 2.23 bits per heavy atom. The molecule has 11 nitrogen and oxygen atoms in total. The Hall–Kier alpha value is -4.95. The molecule has 1 aromatic heterocycles. The number of carbonyl (C=O) groups excluding carboxylic acids is 5. The first-order valence-electron chi connectivity index (χ1n) is 19.4. The maximum Gasteiger partial charge on any atom is 0.418 e. The third kappa shape index (κ3) is 9.52. The SMILES string of the molecule is CCC(C)[C@H](NC(=O)Cc1ccccc1F)C(=O)N[C@]1(C(=O)N[C@H](C(=O)NCC2CCN(C=O)CC2)C(C)CC)CCc2[nH]c3c(C(F)(F)F)cccc3c2C1. The first-order valence-corrected chi connectivity index (χ1v) is 19.4. The molecule has 56 heavy (non-hydrogen) atoms. The lowest BCUT2D eigenvalue weighted by Gasteiger charge is -2.40. The summed E-state index contributed by atoms with van der Waals surface area (Å²) in [5.74, 6) is -3.60. The number of alkyl halides is 3. The predicted octanol–water partition coefficient (Wildman–Crippen LogP) is 4.96. The van der Waals surface area contributed by atoms with Gasteiger partial charge >= 0.3 is 6.18 Å². The normalized spacial score (nSPS) is 19.6. The number of fused-ring (bicyclic) bond motifs is 3. The summed E-state index contributed by atoms with van der Waals surface area (Å²) in [6.45, 7) is 8.79. The fraction of sp³-hybridized carbons (Fsp3) is 0.537. The van der Waals surface area contributed by atoms with Crippen molar-refractivity contribution in [3.63, 3.8) is 0 Å². The van der Waals surface area contributed by atoms with Gasteiger partial charge in [-0.05, 0) is 66.7 Å². The van der Waals surface area contributed by atoms with E-state index in [4.69, 9.17) is 0 Å². The number of amides is 5. The van der Waals surface area contributed by atoms with E-state index in [-0.39, 0.29) is 54.0 Å². The molecule has 2 unspecified atom stereocenters. The van der Waals surface area contributed by atoms with E-state index in [1.54, 1.807) is 17.9 Å². The lowest BCUT2D eigenvalue weighted by Crippen LogP contribution is -2.67. The van der Waals surface area contributed by atoms with Gasteiger partial charge in [-0.25, -0.2) is 4.39 Å². The first kappa shape index (κ1) is 42.2. The minimum atomic E-state index is -4.65. The summed E-state index contributed by atoms with van der Waals surface area (Å²) >= 11 is 0. The fourth-order valence-electron chi connectivity index (χ4n) is 7.72. The van der Waals surface area contributed by atoms with E-state index in [0.29, 0.717) is 56.6 Å². The number of aromatic amines is 1. The summed E-state index contributed by atoms with van der Waals surface area (Å²) in [6, 6.07) is 7.45. The van der Waals surface area contributed by atoms with Gasteiger partial charge in [0.25, 0.3) is 0 Å². The van der Waals surface area contributed by atoms with Crippen LogP contribution in [0.1, 0.15) is 82.2 Å². The molecule has 0 radical (unpaired) electrons. The van der Waals surface area contributed by atoms with Gasteiger partial charge in [-0.1, -0.05) is 70.9 Å². The van der Waals surface area contributed by atoms with Crippen LogP contribution in [-0.2, 0) is 49.4 Å². The molecular weight excluding hydrogens is 732 g/mol. The van der Waals surface area contributed by atoms with Crippen LogP contribution >= 0.6 is 0 Å². The highest BCUT2D eigenvalue weighted by atomic mass is 19.4. The number of hydrogen-bond donors (Lipinski definition) is 5. The largest absolute Gasteiger partial charge is 0.418 e. The molecule has 0 saturated carbocycles. The number of aromatic nitrogens is 1. The summed E-state index contributed by atoms with van der Waals surface area (Å²) in [5.41, 5.74) is -1.64. The second-order valence-electron chi connectivity index (χ2n) is 15.4. The second-order valence-corrected chi connectivity index (χ2v) is 15.4. The molecule has 0 bridgehead atoms. The van der Waals surface area contributed by atoms with Crippen molar-refractivity contribution in [3.05, 3.63) is 70.7 Å². The van der Waals surface area contributed by atoms with Crippen molar-refractivity contribution in [2.45, 2.75) is 103 Å². The molecule has 2 aromatic carbocycles. The quantitative estimate of drug-likeness (QED) is 0.109. The van der Waals surface area contributed by atoms with Gasteiger partial charge in [0.15, 0.2) is 0 Å². The van der Waals surface area contributed by atoms with Crippen LogP contribution in [0.5, 0.6) is 0 Å². The fourth-order valence-corrected chi connectivity index (χ4v) is 7.72. The topological polar surface area (TPSA) is 152 Å². The summed E-state index contributed by atoms with van der Waals surface area (Å²) < 4.78 is 56.7. The van der Waals surface area contributed by atoms with Crippen molar-refractivity contribution < 1.29 is 41.5 Å². The molecule has 3 aromatic rings. The highest BCUT2D eigenvalue weighted by molar-refractivity contribution is 5.99. The first-order chi connectivity index (χ1) is 26.6. The number of nitrogens with zero attached hydrogens (tertiary/aromatic N) is 1. The molecule has 2 aliphatic rings. The Balaban J connectivity index is 1.46. The van der Waals surface area contributed by atoms with Gasteiger partial charge < -0.3 is 31.2 Å². The average molecular weight is 785 g/mol. The lowest BCUT2D eigenvalue weighted by molar-refractivity contribution is -0.139. The highest BCUT2D eigenvalue weighted by Crippen LogP contribution is 2.40. The number of para-hydroxylation sites is 1. The van der Waals surface area contributed by atoms with Gasteiger partial charge in [0, 0.05) is 37.1 Å². The van der Waals surface area contributed by atoms with Crippen LogP contribution in [0.4, 0.5) is 17.6 Å². The number of likely N-dealkylation sites (tertiary alicyclic amines) is 1. The van der Waals surface area contributed by atoms with Gasteiger partial charge in [0.2, 0.25) is 30.0 Å². The summed E-state index contributed by atoms with van der Waals surface area (Å²) in [7, 11) is 0. The Morgan fingerprint density at radius 1 is 0.946 bits per heavy atom.